The minimum Gasteiger partial charge on any atom is -0.317 e. The molecule has 4 aliphatic heterocycles. The summed E-state index contributed by atoms with van der Waals surface area (Å²) in [5, 5.41) is 3.39. The van der Waals surface area contributed by atoms with Gasteiger partial charge in [0, 0.05) is 32.1 Å². The summed E-state index contributed by atoms with van der Waals surface area (Å²) in [5.74, 6) is -0.212. The molecule has 27 heavy (non-hydrogen) atoms. The van der Waals surface area contributed by atoms with Crippen LogP contribution in [0.1, 0.15) is 25.7 Å². The lowest BCUT2D eigenvalue weighted by Crippen LogP contribution is -2.64. The first kappa shape index (κ1) is 19.0. The molecule has 154 valence electrons. The SMILES string of the molecule is FC1C(F)C(C2NNC(N3CC4(CCNCC4)C3)S2)CCC1C1CNNC1. The average molecular weight is 403 g/mol. The number of nitrogens with one attached hydrogen (secondary N) is 5. The second-order valence-corrected chi connectivity index (χ2v) is 10.4. The molecule has 6 nitrogen and oxygen atoms in total. The number of hydrogen-bond donors (Lipinski definition) is 5. The Morgan fingerprint density at radius 1 is 0.889 bits per heavy atom. The molecule has 0 aromatic carbocycles. The van der Waals surface area contributed by atoms with E-state index in [1.807, 2.05) is 0 Å². The Morgan fingerprint density at radius 2 is 1.56 bits per heavy atom. The van der Waals surface area contributed by atoms with Crippen LogP contribution >= 0.6 is 11.8 Å². The van der Waals surface area contributed by atoms with Crippen LogP contribution in [0.2, 0.25) is 0 Å². The monoisotopic (exact) mass is 402 g/mol. The maximum absolute atomic E-state index is 15.0. The van der Waals surface area contributed by atoms with E-state index in [1.165, 1.54) is 12.8 Å². The number of piperidine rings is 1. The predicted molar refractivity (Wildman–Crippen MR) is 103 cm³/mol. The Labute approximate surface area is 164 Å². The van der Waals surface area contributed by atoms with Gasteiger partial charge in [0.25, 0.3) is 0 Å². The molecule has 4 heterocycles. The van der Waals surface area contributed by atoms with Crippen LogP contribution in [0.15, 0.2) is 0 Å². The van der Waals surface area contributed by atoms with E-state index in [1.54, 1.807) is 11.8 Å². The molecule has 0 aromatic heterocycles. The molecule has 1 saturated carbocycles. The second-order valence-electron chi connectivity index (χ2n) is 9.17. The normalized spacial score (nSPS) is 46.0. The smallest absolute Gasteiger partial charge is 0.137 e. The highest BCUT2D eigenvalue weighted by molar-refractivity contribution is 8.00. The summed E-state index contributed by atoms with van der Waals surface area (Å²) in [6.07, 6.45) is 1.33. The lowest BCUT2D eigenvalue weighted by molar-refractivity contribution is -0.0374. The molecule has 5 fully saturated rings. The van der Waals surface area contributed by atoms with Gasteiger partial charge in [-0.15, -0.1) is 11.8 Å². The van der Waals surface area contributed by atoms with Crippen molar-refractivity contribution in [3.05, 3.63) is 0 Å². The minimum atomic E-state index is -1.37. The molecule has 9 heteroatoms. The van der Waals surface area contributed by atoms with Crippen molar-refractivity contribution in [3.8, 4) is 0 Å². The molecule has 6 unspecified atom stereocenters. The van der Waals surface area contributed by atoms with Crippen LogP contribution in [0, 0.1) is 23.2 Å². The van der Waals surface area contributed by atoms with Crippen molar-refractivity contribution in [2.24, 2.45) is 23.2 Å². The fourth-order valence-corrected chi connectivity index (χ4v) is 7.13. The highest BCUT2D eigenvalue weighted by atomic mass is 32.2. The third kappa shape index (κ3) is 3.53. The van der Waals surface area contributed by atoms with Gasteiger partial charge in [-0.05, 0) is 56.0 Å². The molecular weight excluding hydrogens is 370 g/mol. The maximum atomic E-state index is 15.0. The highest BCUT2D eigenvalue weighted by Gasteiger charge is 2.51. The molecule has 5 rings (SSSR count). The van der Waals surface area contributed by atoms with Crippen LogP contribution in [-0.2, 0) is 0 Å². The van der Waals surface area contributed by atoms with Crippen LogP contribution in [-0.4, -0.2) is 67.4 Å². The van der Waals surface area contributed by atoms with Crippen molar-refractivity contribution in [3.63, 3.8) is 0 Å². The number of thioether (sulfide) groups is 1. The zero-order valence-electron chi connectivity index (χ0n) is 15.7. The molecule has 6 atom stereocenters. The summed E-state index contributed by atoms with van der Waals surface area (Å²) in [5.41, 5.74) is 13.4. The Balaban J connectivity index is 1.14. The number of nitrogens with zero attached hydrogens (tertiary/aromatic N) is 1. The topological polar surface area (TPSA) is 63.4 Å². The molecular formula is C18H32F2N6S. The molecule has 1 spiro atoms. The zero-order chi connectivity index (χ0) is 18.4. The van der Waals surface area contributed by atoms with Crippen molar-refractivity contribution in [2.45, 2.75) is 48.9 Å². The molecule has 5 N–H and O–H groups in total. The van der Waals surface area contributed by atoms with E-state index >= 15 is 0 Å². The molecule has 4 saturated heterocycles. The van der Waals surface area contributed by atoms with E-state index < -0.39 is 12.3 Å². The van der Waals surface area contributed by atoms with Gasteiger partial charge in [0.1, 0.15) is 17.8 Å². The Morgan fingerprint density at radius 3 is 2.30 bits per heavy atom. The largest absolute Gasteiger partial charge is 0.317 e. The number of rotatable bonds is 3. The van der Waals surface area contributed by atoms with Gasteiger partial charge in [-0.1, -0.05) is 0 Å². The lowest BCUT2D eigenvalue weighted by atomic mass is 9.72. The molecule has 0 radical (unpaired) electrons. The first-order valence-corrected chi connectivity index (χ1v) is 11.4. The van der Waals surface area contributed by atoms with Crippen LogP contribution in [0.5, 0.6) is 0 Å². The van der Waals surface area contributed by atoms with Gasteiger partial charge in [0.05, 0.1) is 5.37 Å². The fraction of sp³-hybridized carbons (Fsp3) is 1.00. The number of hydrazine groups is 2. The average Bonchev–Trinajstić information content (AvgIpc) is 3.34. The Hall–Kier alpha value is -0.0300. The lowest BCUT2D eigenvalue weighted by Gasteiger charge is -2.54. The van der Waals surface area contributed by atoms with Crippen LogP contribution in [0.25, 0.3) is 0 Å². The fourth-order valence-electron chi connectivity index (χ4n) is 5.77. The van der Waals surface area contributed by atoms with E-state index in [9.17, 15) is 8.78 Å². The van der Waals surface area contributed by atoms with Crippen LogP contribution in [0.3, 0.4) is 0 Å². The molecule has 0 aromatic rings. The number of hydrogen-bond acceptors (Lipinski definition) is 7. The standard InChI is InChI=1S/C18H32F2N6S/c19-14-12(11-7-22-23-8-11)1-2-13(15(14)20)16-24-25-17(27-16)26-9-18(10-26)3-5-21-6-4-18/h11-17,21-25H,1-10H2. The second kappa shape index (κ2) is 7.66. The van der Waals surface area contributed by atoms with Gasteiger partial charge in [0.2, 0.25) is 0 Å². The summed E-state index contributed by atoms with van der Waals surface area (Å²) in [4.78, 5) is 2.45. The van der Waals surface area contributed by atoms with Crippen molar-refractivity contribution >= 4 is 11.8 Å². The van der Waals surface area contributed by atoms with E-state index in [4.69, 9.17) is 0 Å². The summed E-state index contributed by atoms with van der Waals surface area (Å²) < 4.78 is 29.9. The van der Waals surface area contributed by atoms with Crippen molar-refractivity contribution in [2.75, 3.05) is 39.3 Å². The zero-order valence-corrected chi connectivity index (χ0v) is 16.5. The molecule has 1 aliphatic carbocycles. The van der Waals surface area contributed by atoms with Gasteiger partial charge in [0.15, 0.2) is 0 Å². The van der Waals surface area contributed by atoms with Crippen molar-refractivity contribution < 1.29 is 8.78 Å². The number of alkyl halides is 2. The summed E-state index contributed by atoms with van der Waals surface area (Å²) in [6.45, 7) is 5.97. The molecule has 0 bridgehead atoms. The predicted octanol–water partition coefficient (Wildman–Crippen LogP) is 0.549. The summed E-state index contributed by atoms with van der Waals surface area (Å²) in [7, 11) is 0. The summed E-state index contributed by atoms with van der Waals surface area (Å²) >= 11 is 1.74. The highest BCUT2D eigenvalue weighted by Crippen LogP contribution is 2.46. The van der Waals surface area contributed by atoms with E-state index in [0.717, 1.165) is 52.1 Å². The number of likely N-dealkylation sites (tertiary alicyclic amines) is 1. The third-order valence-corrected chi connectivity index (χ3v) is 8.94. The number of halogens is 2. The van der Waals surface area contributed by atoms with Gasteiger partial charge in [-0.25, -0.2) is 19.6 Å². The third-order valence-electron chi connectivity index (χ3n) is 7.50. The van der Waals surface area contributed by atoms with Crippen LogP contribution < -0.4 is 27.0 Å². The minimum absolute atomic E-state index is 0.0476. The first-order chi connectivity index (χ1) is 13.2. The van der Waals surface area contributed by atoms with Crippen LogP contribution in [0.4, 0.5) is 8.78 Å². The first-order valence-electron chi connectivity index (χ1n) is 10.5. The van der Waals surface area contributed by atoms with Gasteiger partial charge >= 0.3 is 0 Å². The van der Waals surface area contributed by atoms with Crippen molar-refractivity contribution in [1.82, 2.24) is 31.9 Å². The Bertz CT molecular complexity index is 522. The molecule has 0 amide bonds. The van der Waals surface area contributed by atoms with Crippen molar-refractivity contribution in [1.29, 1.82) is 0 Å². The van der Waals surface area contributed by atoms with E-state index in [2.05, 4.69) is 31.9 Å². The quantitative estimate of drug-likeness (QED) is 0.473. The van der Waals surface area contributed by atoms with Gasteiger partial charge in [-0.3, -0.25) is 15.8 Å². The Kier molecular flexibility index (Phi) is 5.38. The van der Waals surface area contributed by atoms with Gasteiger partial charge < -0.3 is 5.32 Å². The summed E-state index contributed by atoms with van der Waals surface area (Å²) in [6, 6.07) is 0. The van der Waals surface area contributed by atoms with Gasteiger partial charge in [-0.2, -0.15) is 0 Å². The van der Waals surface area contributed by atoms with E-state index in [-0.39, 0.29) is 28.6 Å². The maximum Gasteiger partial charge on any atom is 0.137 e. The van der Waals surface area contributed by atoms with E-state index in [0.29, 0.717) is 5.41 Å². The molecule has 5 aliphatic rings.